The first-order valence-electron chi connectivity index (χ1n) is 6.43. The summed E-state index contributed by atoms with van der Waals surface area (Å²) in [5.41, 5.74) is 1.79. The largest absolute Gasteiger partial charge is 0.361 e. The van der Waals surface area contributed by atoms with Gasteiger partial charge in [0.05, 0.1) is 12.1 Å². The Morgan fingerprint density at radius 2 is 1.95 bits per heavy atom. The molecule has 5 heteroatoms. The molecule has 2 N–H and O–H groups in total. The lowest BCUT2D eigenvalue weighted by atomic mass is 10.1. The lowest BCUT2D eigenvalue weighted by Crippen LogP contribution is -2.15. The number of nitrogens with one attached hydrogen (secondary N) is 2. The molecule has 3 nitrogen and oxygen atoms in total. The fourth-order valence-corrected chi connectivity index (χ4v) is 2.18. The zero-order valence-corrected chi connectivity index (χ0v) is 11.0. The minimum atomic E-state index is -0.788. The number of carbonyl (C=O) groups is 1. The number of rotatable bonds is 3. The summed E-state index contributed by atoms with van der Waals surface area (Å²) >= 11 is 0. The average Bonchev–Trinajstić information content (AvgIpc) is 2.89. The van der Waals surface area contributed by atoms with Crippen molar-refractivity contribution < 1.29 is 13.6 Å². The molecular formula is C16H12F2N2O. The van der Waals surface area contributed by atoms with E-state index in [-0.39, 0.29) is 18.0 Å². The lowest BCUT2D eigenvalue weighted by Gasteiger charge is -2.06. The minimum absolute atomic E-state index is 0.0240. The van der Waals surface area contributed by atoms with Gasteiger partial charge in [0.25, 0.3) is 0 Å². The summed E-state index contributed by atoms with van der Waals surface area (Å²) in [4.78, 5) is 15.0. The molecule has 0 fully saturated rings. The maximum Gasteiger partial charge on any atom is 0.228 e. The van der Waals surface area contributed by atoms with Gasteiger partial charge in [-0.15, -0.1) is 0 Å². The number of hydrogen-bond donors (Lipinski definition) is 2. The van der Waals surface area contributed by atoms with E-state index in [2.05, 4.69) is 10.3 Å². The van der Waals surface area contributed by atoms with E-state index in [9.17, 15) is 13.6 Å². The van der Waals surface area contributed by atoms with E-state index in [1.165, 1.54) is 6.07 Å². The Balaban J connectivity index is 1.73. The van der Waals surface area contributed by atoms with Gasteiger partial charge in [-0.1, -0.05) is 6.07 Å². The van der Waals surface area contributed by atoms with Gasteiger partial charge in [0, 0.05) is 17.8 Å². The molecule has 21 heavy (non-hydrogen) atoms. The average molecular weight is 286 g/mol. The van der Waals surface area contributed by atoms with Gasteiger partial charge in [0.15, 0.2) is 0 Å². The van der Waals surface area contributed by atoms with Crippen molar-refractivity contribution in [1.82, 2.24) is 4.98 Å². The number of H-pyrrole nitrogens is 1. The molecule has 2 aromatic carbocycles. The monoisotopic (exact) mass is 286 g/mol. The van der Waals surface area contributed by atoms with Gasteiger partial charge >= 0.3 is 0 Å². The van der Waals surface area contributed by atoms with Crippen LogP contribution in [0, 0.1) is 11.6 Å². The first-order chi connectivity index (χ1) is 10.1. The minimum Gasteiger partial charge on any atom is -0.361 e. The fourth-order valence-electron chi connectivity index (χ4n) is 2.18. The molecule has 3 aromatic rings. The third-order valence-corrected chi connectivity index (χ3v) is 3.19. The maximum absolute atomic E-state index is 13.5. The van der Waals surface area contributed by atoms with Crippen molar-refractivity contribution in [3.05, 3.63) is 65.9 Å². The quantitative estimate of drug-likeness (QED) is 0.758. The molecule has 0 atom stereocenters. The first kappa shape index (κ1) is 13.3. The molecule has 0 saturated heterocycles. The first-order valence-corrected chi connectivity index (χ1v) is 6.43. The van der Waals surface area contributed by atoms with Crippen LogP contribution in [0.15, 0.2) is 48.7 Å². The molecule has 0 bridgehead atoms. The molecule has 0 aliphatic heterocycles. The molecule has 1 heterocycles. The highest BCUT2D eigenvalue weighted by molar-refractivity contribution is 5.93. The highest BCUT2D eigenvalue weighted by Crippen LogP contribution is 2.17. The van der Waals surface area contributed by atoms with Crippen LogP contribution in [0.1, 0.15) is 5.56 Å². The van der Waals surface area contributed by atoms with Crippen LogP contribution in [0.3, 0.4) is 0 Å². The number of carbonyl (C=O) groups excluding carboxylic acids is 1. The van der Waals surface area contributed by atoms with Crippen molar-refractivity contribution in [2.45, 2.75) is 6.42 Å². The summed E-state index contributed by atoms with van der Waals surface area (Å²) in [7, 11) is 0. The number of fused-ring (bicyclic) bond motifs is 1. The summed E-state index contributed by atoms with van der Waals surface area (Å²) in [6.45, 7) is 0. The molecule has 3 rings (SSSR count). The third-order valence-electron chi connectivity index (χ3n) is 3.19. The predicted octanol–water partition coefficient (Wildman–Crippen LogP) is 3.63. The molecular weight excluding hydrogens is 274 g/mol. The van der Waals surface area contributed by atoms with E-state index in [4.69, 9.17) is 0 Å². The zero-order chi connectivity index (χ0) is 14.8. The number of benzene rings is 2. The molecule has 0 aliphatic carbocycles. The van der Waals surface area contributed by atoms with Crippen molar-refractivity contribution in [2.24, 2.45) is 0 Å². The van der Waals surface area contributed by atoms with Crippen LogP contribution in [-0.2, 0) is 11.2 Å². The summed E-state index contributed by atoms with van der Waals surface area (Å²) in [6.07, 6.45) is 1.94. The number of anilines is 1. The molecule has 0 spiro atoms. The summed E-state index contributed by atoms with van der Waals surface area (Å²) in [5.74, 6) is -1.82. The van der Waals surface area contributed by atoms with Crippen LogP contribution >= 0.6 is 0 Å². The van der Waals surface area contributed by atoms with Gasteiger partial charge in [0.2, 0.25) is 5.91 Å². The highest BCUT2D eigenvalue weighted by Gasteiger charge is 2.09. The number of aromatic nitrogens is 1. The van der Waals surface area contributed by atoms with E-state index in [0.717, 1.165) is 28.6 Å². The summed E-state index contributed by atoms with van der Waals surface area (Å²) < 4.78 is 26.3. The Labute approximate surface area is 119 Å². The SMILES string of the molecule is O=C(Cc1ccc2[nH]ccc2c1)Nc1ccc(F)cc1F. The lowest BCUT2D eigenvalue weighted by molar-refractivity contribution is -0.115. The van der Waals surface area contributed by atoms with Gasteiger partial charge in [-0.3, -0.25) is 4.79 Å². The van der Waals surface area contributed by atoms with E-state index in [1.54, 1.807) is 0 Å². The number of hydrogen-bond acceptors (Lipinski definition) is 1. The second kappa shape index (κ2) is 5.36. The van der Waals surface area contributed by atoms with E-state index in [1.807, 2.05) is 30.5 Å². The van der Waals surface area contributed by atoms with Gasteiger partial charge < -0.3 is 10.3 Å². The van der Waals surface area contributed by atoms with E-state index in [0.29, 0.717) is 0 Å². The second-order valence-electron chi connectivity index (χ2n) is 4.75. The van der Waals surface area contributed by atoms with Gasteiger partial charge in [-0.2, -0.15) is 0 Å². The number of aromatic amines is 1. The Hall–Kier alpha value is -2.69. The molecule has 0 saturated carbocycles. The summed E-state index contributed by atoms with van der Waals surface area (Å²) in [6, 6.07) is 10.6. The van der Waals surface area contributed by atoms with Gasteiger partial charge in [0.1, 0.15) is 11.6 Å². The van der Waals surface area contributed by atoms with Crippen molar-refractivity contribution in [3.8, 4) is 0 Å². The van der Waals surface area contributed by atoms with Crippen LogP contribution in [0.5, 0.6) is 0 Å². The van der Waals surface area contributed by atoms with Crippen molar-refractivity contribution in [2.75, 3.05) is 5.32 Å². The van der Waals surface area contributed by atoms with Crippen LogP contribution in [0.4, 0.5) is 14.5 Å². The third kappa shape index (κ3) is 2.91. The van der Waals surface area contributed by atoms with Gasteiger partial charge in [-0.25, -0.2) is 8.78 Å². The smallest absolute Gasteiger partial charge is 0.228 e. The van der Waals surface area contributed by atoms with Crippen LogP contribution in [0.25, 0.3) is 10.9 Å². The van der Waals surface area contributed by atoms with Gasteiger partial charge in [-0.05, 0) is 41.3 Å². The molecule has 0 aliphatic rings. The Bertz CT molecular complexity index is 811. The topological polar surface area (TPSA) is 44.9 Å². The Kier molecular flexibility index (Phi) is 3.39. The molecule has 0 radical (unpaired) electrons. The Morgan fingerprint density at radius 3 is 2.76 bits per heavy atom. The normalized spacial score (nSPS) is 10.8. The Morgan fingerprint density at radius 1 is 1.10 bits per heavy atom. The molecule has 0 unspecified atom stereocenters. The fraction of sp³-hybridized carbons (Fsp3) is 0.0625. The standard InChI is InChI=1S/C16H12F2N2O/c17-12-2-4-15(13(18)9-12)20-16(21)8-10-1-3-14-11(7-10)5-6-19-14/h1-7,9,19H,8H2,(H,20,21). The molecule has 106 valence electrons. The van der Waals surface area contributed by atoms with Crippen molar-refractivity contribution in [3.63, 3.8) is 0 Å². The molecule has 1 amide bonds. The van der Waals surface area contributed by atoms with Crippen molar-refractivity contribution >= 4 is 22.5 Å². The zero-order valence-electron chi connectivity index (χ0n) is 11.0. The van der Waals surface area contributed by atoms with E-state index < -0.39 is 11.6 Å². The second-order valence-corrected chi connectivity index (χ2v) is 4.75. The molecule has 1 aromatic heterocycles. The maximum atomic E-state index is 13.5. The number of amides is 1. The summed E-state index contributed by atoms with van der Waals surface area (Å²) in [5, 5.41) is 3.45. The predicted molar refractivity (Wildman–Crippen MR) is 77.0 cm³/mol. The van der Waals surface area contributed by atoms with Crippen molar-refractivity contribution in [1.29, 1.82) is 0 Å². The number of halogens is 2. The van der Waals surface area contributed by atoms with Crippen LogP contribution in [-0.4, -0.2) is 10.9 Å². The highest BCUT2D eigenvalue weighted by atomic mass is 19.1. The van der Waals surface area contributed by atoms with Crippen LogP contribution in [0.2, 0.25) is 0 Å². The van der Waals surface area contributed by atoms with E-state index >= 15 is 0 Å². The van der Waals surface area contributed by atoms with Crippen LogP contribution < -0.4 is 5.32 Å².